The Hall–Kier alpha value is -3.12. The molecule has 0 bridgehead atoms. The number of ether oxygens (including phenoxy) is 1. The van der Waals surface area contributed by atoms with E-state index in [9.17, 15) is 8.78 Å². The minimum atomic E-state index is -0.710. The van der Waals surface area contributed by atoms with E-state index in [0.717, 1.165) is 17.7 Å². The van der Waals surface area contributed by atoms with Gasteiger partial charge in [0.1, 0.15) is 24.0 Å². The summed E-state index contributed by atoms with van der Waals surface area (Å²) in [5.74, 6) is 1.42. The second kappa shape index (κ2) is 6.97. The molecule has 0 saturated carbocycles. The topological polar surface area (TPSA) is 9.23 Å². The van der Waals surface area contributed by atoms with Crippen LogP contribution in [0.2, 0.25) is 0 Å². The summed E-state index contributed by atoms with van der Waals surface area (Å²) in [6.07, 6.45) is 5.42. The average molecular weight is 320 g/mol. The van der Waals surface area contributed by atoms with Crippen molar-refractivity contribution in [1.82, 2.24) is 0 Å². The van der Waals surface area contributed by atoms with Gasteiger partial charge in [-0.05, 0) is 17.7 Å². The Kier molecular flexibility index (Phi) is 4.58. The number of benzene rings is 3. The van der Waals surface area contributed by atoms with Gasteiger partial charge >= 0.3 is 0 Å². The second-order valence-corrected chi connectivity index (χ2v) is 5.22. The molecule has 24 heavy (non-hydrogen) atoms. The fraction of sp³-hybridized carbons (Fsp3) is 0.0476. The zero-order valence-electron chi connectivity index (χ0n) is 12.8. The largest absolute Gasteiger partial charge is 0.488 e. The molecule has 0 atom stereocenters. The first-order chi connectivity index (χ1) is 11.7. The third kappa shape index (κ3) is 3.28. The van der Waals surface area contributed by atoms with Gasteiger partial charge in [-0.15, -0.1) is 6.42 Å². The molecule has 3 rings (SSSR count). The van der Waals surface area contributed by atoms with Gasteiger partial charge in [0.2, 0.25) is 0 Å². The molecule has 0 heterocycles. The molecule has 0 radical (unpaired) electrons. The van der Waals surface area contributed by atoms with Crippen LogP contribution in [-0.2, 0) is 6.61 Å². The van der Waals surface area contributed by atoms with E-state index >= 15 is 0 Å². The van der Waals surface area contributed by atoms with E-state index in [4.69, 9.17) is 11.2 Å². The Morgan fingerprint density at radius 1 is 0.917 bits per heavy atom. The number of terminal acetylenes is 1. The first-order valence-corrected chi connectivity index (χ1v) is 7.41. The molecule has 3 heteroatoms. The van der Waals surface area contributed by atoms with Crippen molar-refractivity contribution in [2.24, 2.45) is 0 Å². The predicted molar refractivity (Wildman–Crippen MR) is 90.5 cm³/mol. The Morgan fingerprint density at radius 3 is 2.38 bits per heavy atom. The van der Waals surface area contributed by atoms with Crippen molar-refractivity contribution in [3.8, 4) is 29.2 Å². The van der Waals surface area contributed by atoms with Crippen LogP contribution in [0.3, 0.4) is 0 Å². The summed E-state index contributed by atoms with van der Waals surface area (Å²) < 4.78 is 33.6. The molecule has 3 aromatic rings. The zero-order chi connectivity index (χ0) is 16.9. The molecule has 1 nitrogen and oxygen atoms in total. The highest BCUT2D eigenvalue weighted by Gasteiger charge is 2.16. The van der Waals surface area contributed by atoms with E-state index in [-0.39, 0.29) is 11.1 Å². The van der Waals surface area contributed by atoms with E-state index in [2.05, 4.69) is 5.92 Å². The third-order valence-corrected chi connectivity index (χ3v) is 3.60. The van der Waals surface area contributed by atoms with E-state index in [1.54, 1.807) is 24.3 Å². The summed E-state index contributed by atoms with van der Waals surface area (Å²) in [5, 5.41) is 0. The highest BCUT2D eigenvalue weighted by atomic mass is 19.1. The Bertz CT molecular complexity index is 895. The Labute approximate surface area is 139 Å². The molecule has 0 aliphatic rings. The highest BCUT2D eigenvalue weighted by Crippen LogP contribution is 2.35. The first kappa shape index (κ1) is 15.8. The van der Waals surface area contributed by atoms with Crippen LogP contribution >= 0.6 is 0 Å². The van der Waals surface area contributed by atoms with Gasteiger partial charge in [0.25, 0.3) is 0 Å². The van der Waals surface area contributed by atoms with Crippen molar-refractivity contribution in [2.75, 3.05) is 0 Å². The lowest BCUT2D eigenvalue weighted by molar-refractivity contribution is 0.307. The summed E-state index contributed by atoms with van der Waals surface area (Å²) in [4.78, 5) is 0. The van der Waals surface area contributed by atoms with Gasteiger partial charge in [0, 0.05) is 22.8 Å². The van der Waals surface area contributed by atoms with Gasteiger partial charge in [-0.1, -0.05) is 54.5 Å². The van der Waals surface area contributed by atoms with Crippen LogP contribution in [0.25, 0.3) is 11.1 Å². The van der Waals surface area contributed by atoms with Crippen molar-refractivity contribution >= 4 is 0 Å². The van der Waals surface area contributed by atoms with Crippen LogP contribution < -0.4 is 4.74 Å². The average Bonchev–Trinajstić information content (AvgIpc) is 2.60. The molecule has 0 aliphatic heterocycles. The van der Waals surface area contributed by atoms with Crippen molar-refractivity contribution in [3.63, 3.8) is 0 Å². The molecular weight excluding hydrogens is 306 g/mol. The number of hydrogen-bond donors (Lipinski definition) is 0. The third-order valence-electron chi connectivity index (χ3n) is 3.60. The summed E-state index contributed by atoms with van der Waals surface area (Å²) >= 11 is 0. The van der Waals surface area contributed by atoms with Crippen molar-refractivity contribution in [1.29, 1.82) is 0 Å². The molecule has 0 N–H and O–H groups in total. The molecule has 0 spiro atoms. The quantitative estimate of drug-likeness (QED) is 0.601. The zero-order valence-corrected chi connectivity index (χ0v) is 12.8. The number of rotatable bonds is 4. The van der Waals surface area contributed by atoms with Gasteiger partial charge in [-0.2, -0.15) is 0 Å². The lowest BCUT2D eigenvalue weighted by Gasteiger charge is -2.14. The van der Waals surface area contributed by atoms with Crippen LogP contribution in [0.15, 0.2) is 66.7 Å². The lowest BCUT2D eigenvalue weighted by Crippen LogP contribution is -1.99. The fourth-order valence-electron chi connectivity index (χ4n) is 2.50. The van der Waals surface area contributed by atoms with Crippen molar-refractivity contribution in [3.05, 3.63) is 89.5 Å². The maximum atomic E-state index is 14.3. The summed E-state index contributed by atoms with van der Waals surface area (Å²) in [5.41, 5.74) is 1.81. The highest BCUT2D eigenvalue weighted by molar-refractivity contribution is 5.76. The number of halogens is 2. The molecule has 0 fully saturated rings. The second-order valence-electron chi connectivity index (χ2n) is 5.22. The molecule has 0 aromatic heterocycles. The van der Waals surface area contributed by atoms with Crippen LogP contribution in [0, 0.1) is 24.0 Å². The van der Waals surface area contributed by atoms with Gasteiger partial charge in [-0.3, -0.25) is 0 Å². The van der Waals surface area contributed by atoms with Crippen LogP contribution in [0.1, 0.15) is 11.1 Å². The Morgan fingerprint density at radius 2 is 1.62 bits per heavy atom. The standard InChI is InChI=1S/C21H14F2O/c1-2-16-12-17(22)13-19(23)21(16)18-10-6-7-11-20(18)24-14-15-8-4-3-5-9-15/h1,3-13H,14H2. The predicted octanol–water partition coefficient (Wildman–Crippen LogP) is 5.19. The molecule has 0 saturated heterocycles. The smallest absolute Gasteiger partial charge is 0.135 e. The monoisotopic (exact) mass is 320 g/mol. The van der Waals surface area contributed by atoms with Crippen LogP contribution in [0.5, 0.6) is 5.75 Å². The van der Waals surface area contributed by atoms with Gasteiger partial charge in [0.15, 0.2) is 0 Å². The summed E-state index contributed by atoms with van der Waals surface area (Å²) in [7, 11) is 0. The van der Waals surface area contributed by atoms with E-state index < -0.39 is 11.6 Å². The van der Waals surface area contributed by atoms with Gasteiger partial charge < -0.3 is 4.74 Å². The van der Waals surface area contributed by atoms with Crippen molar-refractivity contribution in [2.45, 2.75) is 6.61 Å². The van der Waals surface area contributed by atoms with Gasteiger partial charge in [0.05, 0.1) is 0 Å². The maximum absolute atomic E-state index is 14.3. The van der Waals surface area contributed by atoms with E-state index in [1.807, 2.05) is 30.3 Å². The molecular formula is C21H14F2O. The van der Waals surface area contributed by atoms with E-state index in [1.165, 1.54) is 0 Å². The van der Waals surface area contributed by atoms with E-state index in [0.29, 0.717) is 17.9 Å². The molecule has 0 amide bonds. The van der Waals surface area contributed by atoms with Crippen LogP contribution in [-0.4, -0.2) is 0 Å². The van der Waals surface area contributed by atoms with Crippen molar-refractivity contribution < 1.29 is 13.5 Å². The lowest BCUT2D eigenvalue weighted by atomic mass is 9.98. The normalized spacial score (nSPS) is 10.2. The minimum Gasteiger partial charge on any atom is -0.488 e. The molecule has 3 aromatic carbocycles. The number of hydrogen-bond acceptors (Lipinski definition) is 1. The SMILES string of the molecule is C#Cc1cc(F)cc(F)c1-c1ccccc1OCc1ccccc1. The summed E-state index contributed by atoms with van der Waals surface area (Å²) in [6.45, 7) is 0.339. The molecule has 0 aliphatic carbocycles. The summed E-state index contributed by atoms with van der Waals surface area (Å²) in [6, 6.07) is 18.6. The minimum absolute atomic E-state index is 0.156. The fourth-order valence-corrected chi connectivity index (χ4v) is 2.50. The molecule has 118 valence electrons. The number of para-hydroxylation sites is 1. The van der Waals surface area contributed by atoms with Gasteiger partial charge in [-0.25, -0.2) is 8.78 Å². The van der Waals surface area contributed by atoms with Crippen LogP contribution in [0.4, 0.5) is 8.78 Å². The first-order valence-electron chi connectivity index (χ1n) is 7.41. The maximum Gasteiger partial charge on any atom is 0.135 e. The Balaban J connectivity index is 2.00. The molecule has 0 unspecified atom stereocenters.